The van der Waals surface area contributed by atoms with Gasteiger partial charge in [0.25, 0.3) is 0 Å². The van der Waals surface area contributed by atoms with Gasteiger partial charge in [-0.2, -0.15) is 4.37 Å². The Bertz CT molecular complexity index is 1200. The summed E-state index contributed by atoms with van der Waals surface area (Å²) in [5.74, 6) is 0.481. The molecule has 3 N–H and O–H groups in total. The molecule has 0 radical (unpaired) electrons. The van der Waals surface area contributed by atoms with E-state index in [0.717, 1.165) is 21.5 Å². The summed E-state index contributed by atoms with van der Waals surface area (Å²) in [6, 6.07) is 25.6. The maximum Gasteiger partial charge on any atom is 0.408 e. The second kappa shape index (κ2) is 11.1. The van der Waals surface area contributed by atoms with Crippen molar-refractivity contribution in [1.82, 2.24) is 15.0 Å². The lowest BCUT2D eigenvalue weighted by molar-refractivity contribution is -0.123. The second-order valence-corrected chi connectivity index (χ2v) is 8.10. The van der Waals surface area contributed by atoms with Gasteiger partial charge in [-0.1, -0.05) is 72.8 Å². The van der Waals surface area contributed by atoms with E-state index in [0.29, 0.717) is 18.7 Å². The van der Waals surface area contributed by atoms with Crippen LogP contribution in [0.25, 0.3) is 10.1 Å². The molecule has 1 heterocycles. The zero-order valence-corrected chi connectivity index (χ0v) is 18.7. The number of nitrogens with one attached hydrogen (secondary N) is 3. The first-order valence-corrected chi connectivity index (χ1v) is 11.4. The van der Waals surface area contributed by atoms with Gasteiger partial charge >= 0.3 is 6.09 Å². The molecule has 0 aliphatic rings. The summed E-state index contributed by atoms with van der Waals surface area (Å²) in [7, 11) is 0. The number of hydrogen-bond acceptors (Lipinski definition) is 6. The monoisotopic (exact) mass is 460 g/mol. The van der Waals surface area contributed by atoms with Crippen molar-refractivity contribution in [2.45, 2.75) is 12.6 Å². The van der Waals surface area contributed by atoms with Crippen LogP contribution in [0.4, 0.5) is 10.6 Å². The van der Waals surface area contributed by atoms with Crippen molar-refractivity contribution in [2.24, 2.45) is 0 Å². The summed E-state index contributed by atoms with van der Waals surface area (Å²) in [4.78, 5) is 25.3. The number of anilines is 1. The molecule has 4 rings (SSSR count). The van der Waals surface area contributed by atoms with E-state index in [1.807, 2.05) is 72.8 Å². The highest BCUT2D eigenvalue weighted by Gasteiger charge is 2.23. The van der Waals surface area contributed by atoms with Crippen LogP contribution in [-0.4, -0.2) is 29.5 Å². The number of ether oxygens (including phenoxy) is 1. The summed E-state index contributed by atoms with van der Waals surface area (Å²) < 4.78 is 10.8. The van der Waals surface area contributed by atoms with Gasteiger partial charge < -0.3 is 20.7 Å². The van der Waals surface area contributed by atoms with Crippen molar-refractivity contribution in [3.05, 3.63) is 96.1 Å². The van der Waals surface area contributed by atoms with E-state index in [9.17, 15) is 9.59 Å². The van der Waals surface area contributed by atoms with Crippen LogP contribution in [0.2, 0.25) is 0 Å². The smallest absolute Gasteiger partial charge is 0.408 e. The molecule has 0 aliphatic carbocycles. The summed E-state index contributed by atoms with van der Waals surface area (Å²) in [5, 5.41) is 9.86. The Morgan fingerprint density at radius 1 is 0.879 bits per heavy atom. The Balaban J connectivity index is 1.32. The molecular formula is C25H24N4O3S. The third kappa shape index (κ3) is 6.08. The Kier molecular flexibility index (Phi) is 7.50. The number of rotatable bonds is 9. The first kappa shape index (κ1) is 22.3. The van der Waals surface area contributed by atoms with Gasteiger partial charge in [-0.3, -0.25) is 4.79 Å². The molecule has 0 saturated carbocycles. The molecule has 4 aromatic rings. The van der Waals surface area contributed by atoms with Gasteiger partial charge in [0, 0.05) is 18.5 Å². The SMILES string of the molecule is O=C(N[C@H](C(=O)NCCNc1nsc2ccccc12)c1ccccc1)OCc1ccccc1. The van der Waals surface area contributed by atoms with Crippen LogP contribution in [0.1, 0.15) is 17.2 Å². The average Bonchev–Trinajstić information content (AvgIpc) is 3.28. The predicted molar refractivity (Wildman–Crippen MR) is 130 cm³/mol. The first-order valence-electron chi connectivity index (χ1n) is 10.6. The molecule has 3 aromatic carbocycles. The molecule has 7 nitrogen and oxygen atoms in total. The van der Waals surface area contributed by atoms with Crippen LogP contribution in [0.15, 0.2) is 84.9 Å². The molecule has 2 amide bonds. The van der Waals surface area contributed by atoms with E-state index >= 15 is 0 Å². The number of carbonyl (C=O) groups is 2. The number of alkyl carbamates (subject to hydrolysis) is 1. The largest absolute Gasteiger partial charge is 0.445 e. The lowest BCUT2D eigenvalue weighted by Gasteiger charge is -2.19. The van der Waals surface area contributed by atoms with Crippen LogP contribution >= 0.6 is 11.5 Å². The van der Waals surface area contributed by atoms with Crippen molar-refractivity contribution in [1.29, 1.82) is 0 Å². The number of nitrogens with zero attached hydrogens (tertiary/aromatic N) is 1. The van der Waals surface area contributed by atoms with Gasteiger partial charge in [0.15, 0.2) is 0 Å². The minimum absolute atomic E-state index is 0.126. The maximum absolute atomic E-state index is 12.9. The first-order chi connectivity index (χ1) is 16.2. The molecule has 1 aromatic heterocycles. The normalized spacial score (nSPS) is 11.5. The molecule has 0 unspecified atom stereocenters. The third-order valence-corrected chi connectivity index (χ3v) is 5.79. The Morgan fingerprint density at radius 3 is 2.36 bits per heavy atom. The van der Waals surface area contributed by atoms with Gasteiger partial charge in [0.2, 0.25) is 5.91 Å². The lowest BCUT2D eigenvalue weighted by atomic mass is 10.1. The molecule has 1 atom stereocenters. The summed E-state index contributed by atoms with van der Waals surface area (Å²) in [6.45, 7) is 0.996. The van der Waals surface area contributed by atoms with Crippen LogP contribution in [-0.2, 0) is 16.1 Å². The van der Waals surface area contributed by atoms with Crippen molar-refractivity contribution >= 4 is 39.4 Å². The number of hydrogen-bond donors (Lipinski definition) is 3. The fraction of sp³-hybridized carbons (Fsp3) is 0.160. The van der Waals surface area contributed by atoms with Gasteiger partial charge in [-0.15, -0.1) is 0 Å². The number of benzene rings is 3. The third-order valence-electron chi connectivity index (χ3n) is 4.96. The fourth-order valence-corrected chi connectivity index (χ4v) is 4.07. The predicted octanol–water partition coefficient (Wildman–Crippen LogP) is 4.49. The van der Waals surface area contributed by atoms with Crippen LogP contribution in [0.5, 0.6) is 0 Å². The molecular weight excluding hydrogens is 436 g/mol. The molecule has 0 fully saturated rings. The minimum Gasteiger partial charge on any atom is -0.445 e. The highest BCUT2D eigenvalue weighted by Crippen LogP contribution is 2.25. The van der Waals surface area contributed by atoms with E-state index in [2.05, 4.69) is 20.3 Å². The molecule has 33 heavy (non-hydrogen) atoms. The summed E-state index contributed by atoms with van der Waals surface area (Å²) >= 11 is 1.43. The Hall–Kier alpha value is -3.91. The molecule has 168 valence electrons. The zero-order chi connectivity index (χ0) is 22.9. The van der Waals surface area contributed by atoms with Gasteiger partial charge in [-0.25, -0.2) is 4.79 Å². The number of amides is 2. The van der Waals surface area contributed by atoms with Crippen LogP contribution in [0.3, 0.4) is 0 Å². The van der Waals surface area contributed by atoms with E-state index in [4.69, 9.17) is 4.74 Å². The van der Waals surface area contributed by atoms with Crippen LogP contribution in [0, 0.1) is 0 Å². The van der Waals surface area contributed by atoms with Gasteiger partial charge in [0.1, 0.15) is 18.5 Å². The zero-order valence-electron chi connectivity index (χ0n) is 17.9. The van der Waals surface area contributed by atoms with Crippen molar-refractivity contribution in [3.8, 4) is 0 Å². The molecule has 0 saturated heterocycles. The van der Waals surface area contributed by atoms with Crippen molar-refractivity contribution in [2.75, 3.05) is 18.4 Å². The highest BCUT2D eigenvalue weighted by molar-refractivity contribution is 7.13. The Morgan fingerprint density at radius 2 is 1.58 bits per heavy atom. The molecule has 0 aliphatic heterocycles. The second-order valence-electron chi connectivity index (χ2n) is 7.29. The van der Waals surface area contributed by atoms with Gasteiger partial charge in [-0.05, 0) is 34.8 Å². The van der Waals surface area contributed by atoms with Crippen molar-refractivity contribution < 1.29 is 14.3 Å². The lowest BCUT2D eigenvalue weighted by Crippen LogP contribution is -2.41. The standard InChI is InChI=1S/C25H24N4O3S/c30-24(27-16-15-26-23-20-13-7-8-14-21(20)33-29-23)22(19-11-5-2-6-12-19)28-25(31)32-17-18-9-3-1-4-10-18/h1-14,22H,15-17H2,(H,26,29)(H,27,30)(H,28,31)/t22-/m0/s1. The highest BCUT2D eigenvalue weighted by atomic mass is 32.1. The average molecular weight is 461 g/mol. The molecule has 8 heteroatoms. The van der Waals surface area contributed by atoms with E-state index in [1.54, 1.807) is 12.1 Å². The molecule has 0 spiro atoms. The quantitative estimate of drug-likeness (QED) is 0.320. The van der Waals surface area contributed by atoms with E-state index in [1.165, 1.54) is 11.5 Å². The number of fused-ring (bicyclic) bond motifs is 1. The maximum atomic E-state index is 12.9. The van der Waals surface area contributed by atoms with E-state index in [-0.39, 0.29) is 12.5 Å². The van der Waals surface area contributed by atoms with Crippen LogP contribution < -0.4 is 16.0 Å². The van der Waals surface area contributed by atoms with Gasteiger partial charge in [0.05, 0.1) is 4.70 Å². The number of carbonyl (C=O) groups excluding carboxylic acids is 2. The summed E-state index contributed by atoms with van der Waals surface area (Å²) in [6.07, 6.45) is -0.657. The summed E-state index contributed by atoms with van der Waals surface area (Å²) in [5.41, 5.74) is 1.54. The Labute approximate surface area is 196 Å². The molecule has 0 bridgehead atoms. The fourth-order valence-electron chi connectivity index (χ4n) is 3.31. The topological polar surface area (TPSA) is 92.4 Å². The minimum atomic E-state index is -0.866. The van der Waals surface area contributed by atoms with E-state index < -0.39 is 12.1 Å². The van der Waals surface area contributed by atoms with Crippen molar-refractivity contribution in [3.63, 3.8) is 0 Å². The number of aromatic nitrogens is 1.